The van der Waals surface area contributed by atoms with Gasteiger partial charge in [0.2, 0.25) is 0 Å². The molecule has 0 atom stereocenters. The Hall–Kier alpha value is -7.94. The molecule has 282 valence electrons. The molecule has 0 N–H and O–H groups in total. The van der Waals surface area contributed by atoms with Gasteiger partial charge in [-0.15, -0.1) is 0 Å². The molecule has 0 aliphatic carbocycles. The van der Waals surface area contributed by atoms with E-state index in [2.05, 4.69) is 252 Å². The highest BCUT2D eigenvalue weighted by Gasteiger charge is 2.21. The minimum atomic E-state index is 1.09. The Morgan fingerprint density at radius 1 is 0.283 bits per heavy atom. The van der Waals surface area contributed by atoms with Crippen LogP contribution in [0.4, 0.5) is 17.1 Å². The summed E-state index contributed by atoms with van der Waals surface area (Å²) in [6.07, 6.45) is 0. The summed E-state index contributed by atoms with van der Waals surface area (Å²) in [7, 11) is 0. The fourth-order valence-corrected chi connectivity index (χ4v) is 9.07. The maximum absolute atomic E-state index is 2.42. The number of anilines is 3. The van der Waals surface area contributed by atoms with Gasteiger partial charge in [-0.2, -0.15) is 0 Å². The van der Waals surface area contributed by atoms with E-state index in [1.165, 1.54) is 60.4 Å². The molecule has 0 unspecified atom stereocenters. The van der Waals surface area contributed by atoms with Crippen molar-refractivity contribution in [1.29, 1.82) is 0 Å². The molecular weight excluding hydrogens is 725 g/mol. The van der Waals surface area contributed by atoms with Crippen molar-refractivity contribution in [2.45, 2.75) is 0 Å². The van der Waals surface area contributed by atoms with Crippen LogP contribution in [-0.4, -0.2) is 4.57 Å². The summed E-state index contributed by atoms with van der Waals surface area (Å²) in [5.41, 5.74) is 16.3. The number of fused-ring (bicyclic) bond motifs is 4. The van der Waals surface area contributed by atoms with Crippen LogP contribution in [0.2, 0.25) is 0 Å². The van der Waals surface area contributed by atoms with E-state index < -0.39 is 0 Å². The lowest BCUT2D eigenvalue weighted by atomic mass is 9.91. The zero-order chi connectivity index (χ0) is 39.8. The highest BCUT2D eigenvalue weighted by Crippen LogP contribution is 2.45. The lowest BCUT2D eigenvalue weighted by molar-refractivity contribution is 1.18. The molecule has 1 heterocycles. The Bertz CT molecular complexity index is 3250. The highest BCUT2D eigenvalue weighted by atomic mass is 15.1. The minimum absolute atomic E-state index is 1.09. The maximum Gasteiger partial charge on any atom is 0.0541 e. The molecule has 0 fully saturated rings. The van der Waals surface area contributed by atoms with E-state index in [0.29, 0.717) is 0 Å². The molecule has 0 aliphatic heterocycles. The van der Waals surface area contributed by atoms with E-state index in [-0.39, 0.29) is 0 Å². The second-order valence-electron chi connectivity index (χ2n) is 15.3. The molecule has 0 spiro atoms. The normalized spacial score (nSPS) is 11.3. The Morgan fingerprint density at radius 3 is 1.52 bits per heavy atom. The van der Waals surface area contributed by atoms with Crippen molar-refractivity contribution < 1.29 is 0 Å². The van der Waals surface area contributed by atoms with Crippen LogP contribution in [-0.2, 0) is 0 Å². The van der Waals surface area contributed by atoms with Crippen LogP contribution in [0.15, 0.2) is 243 Å². The first-order valence-electron chi connectivity index (χ1n) is 20.6. The molecule has 60 heavy (non-hydrogen) atoms. The third-order valence-electron chi connectivity index (χ3n) is 11.8. The van der Waals surface area contributed by atoms with Crippen LogP contribution >= 0.6 is 0 Å². The summed E-state index contributed by atoms with van der Waals surface area (Å²) in [4.78, 5) is 2.39. The minimum Gasteiger partial charge on any atom is -0.310 e. The highest BCUT2D eigenvalue weighted by molar-refractivity contribution is 6.10. The standard InChI is InChI=1S/C58H40N2/c1-3-18-42(19-4-1)54-40-44(49-26-11-14-31-55(49)60-56-32-15-12-28-52(56)53-29-13-16-33-57(53)60)36-39-58(54)59(45-22-5-2-6-23-45)46-37-34-43(35-38-46)48-25-9-10-27-50(48)51-30-17-21-41-20-7-8-24-47(41)51/h1-40H. The van der Waals surface area contributed by atoms with Crippen molar-refractivity contribution >= 4 is 49.6 Å². The molecular formula is C58H40N2. The van der Waals surface area contributed by atoms with Crippen LogP contribution in [0.25, 0.3) is 82.8 Å². The number of aromatic nitrogens is 1. The second-order valence-corrected chi connectivity index (χ2v) is 15.3. The largest absolute Gasteiger partial charge is 0.310 e. The van der Waals surface area contributed by atoms with Crippen LogP contribution in [0.5, 0.6) is 0 Å². The molecule has 0 saturated heterocycles. The number of hydrogen-bond acceptors (Lipinski definition) is 1. The molecule has 2 nitrogen and oxygen atoms in total. The van der Waals surface area contributed by atoms with Gasteiger partial charge in [0.1, 0.15) is 0 Å². The molecule has 0 aliphatic rings. The van der Waals surface area contributed by atoms with E-state index in [9.17, 15) is 0 Å². The predicted octanol–water partition coefficient (Wildman–Crippen LogP) is 16.1. The van der Waals surface area contributed by atoms with E-state index in [1.807, 2.05) is 0 Å². The fourth-order valence-electron chi connectivity index (χ4n) is 9.07. The number of rotatable bonds is 8. The first kappa shape index (κ1) is 35.2. The topological polar surface area (TPSA) is 8.17 Å². The van der Waals surface area contributed by atoms with Crippen LogP contribution < -0.4 is 4.90 Å². The van der Waals surface area contributed by atoms with Gasteiger partial charge in [-0.3, -0.25) is 0 Å². The SMILES string of the molecule is c1ccc(-c2cc(-c3ccccc3-n3c4ccccc4c4ccccc43)ccc2N(c2ccccc2)c2ccc(-c3ccccc3-c3cccc4ccccc34)cc2)cc1. The molecule has 2 heteroatoms. The van der Waals surface area contributed by atoms with Crippen molar-refractivity contribution in [2.75, 3.05) is 4.90 Å². The van der Waals surface area contributed by atoms with E-state index >= 15 is 0 Å². The van der Waals surface area contributed by atoms with Crippen molar-refractivity contribution in [1.82, 2.24) is 4.57 Å². The Balaban J connectivity index is 1.06. The number of nitrogens with zero attached hydrogens (tertiary/aromatic N) is 2. The van der Waals surface area contributed by atoms with Crippen LogP contribution in [0, 0.1) is 0 Å². The molecule has 11 aromatic rings. The molecule has 0 amide bonds. The summed E-state index contributed by atoms with van der Waals surface area (Å²) in [6.45, 7) is 0. The first-order chi connectivity index (χ1) is 29.8. The lowest BCUT2D eigenvalue weighted by Gasteiger charge is -2.29. The molecule has 0 saturated carbocycles. The number of hydrogen-bond donors (Lipinski definition) is 0. The number of para-hydroxylation sites is 4. The second kappa shape index (κ2) is 15.1. The van der Waals surface area contributed by atoms with E-state index in [4.69, 9.17) is 0 Å². The van der Waals surface area contributed by atoms with Gasteiger partial charge in [-0.05, 0) is 98.8 Å². The van der Waals surface area contributed by atoms with Gasteiger partial charge in [-0.25, -0.2) is 0 Å². The van der Waals surface area contributed by atoms with Crippen LogP contribution in [0.3, 0.4) is 0 Å². The third-order valence-corrected chi connectivity index (χ3v) is 11.8. The predicted molar refractivity (Wildman–Crippen MR) is 255 cm³/mol. The average Bonchev–Trinajstić information content (AvgIpc) is 3.67. The van der Waals surface area contributed by atoms with Gasteiger partial charge in [-0.1, -0.05) is 188 Å². The van der Waals surface area contributed by atoms with Crippen LogP contribution in [0.1, 0.15) is 0 Å². The van der Waals surface area contributed by atoms with Gasteiger partial charge in [0.15, 0.2) is 0 Å². The monoisotopic (exact) mass is 764 g/mol. The van der Waals surface area contributed by atoms with Gasteiger partial charge in [0.05, 0.1) is 22.4 Å². The summed E-state index contributed by atoms with van der Waals surface area (Å²) in [5, 5.41) is 5.01. The zero-order valence-electron chi connectivity index (χ0n) is 33.0. The molecule has 11 rings (SSSR count). The van der Waals surface area contributed by atoms with Gasteiger partial charge in [0, 0.05) is 33.3 Å². The smallest absolute Gasteiger partial charge is 0.0541 e. The Morgan fingerprint density at radius 2 is 0.783 bits per heavy atom. The summed E-state index contributed by atoms with van der Waals surface area (Å²) in [6, 6.07) is 87.8. The molecule has 0 radical (unpaired) electrons. The van der Waals surface area contributed by atoms with Crippen molar-refractivity contribution in [3.8, 4) is 50.2 Å². The van der Waals surface area contributed by atoms with E-state index in [0.717, 1.165) is 39.4 Å². The van der Waals surface area contributed by atoms with Crippen molar-refractivity contribution in [3.05, 3.63) is 243 Å². The van der Waals surface area contributed by atoms with E-state index in [1.54, 1.807) is 0 Å². The first-order valence-corrected chi connectivity index (χ1v) is 20.6. The average molecular weight is 765 g/mol. The summed E-state index contributed by atoms with van der Waals surface area (Å²) in [5.74, 6) is 0. The number of benzene rings is 10. The van der Waals surface area contributed by atoms with Gasteiger partial charge in [0.25, 0.3) is 0 Å². The summed E-state index contributed by atoms with van der Waals surface area (Å²) < 4.78 is 2.42. The fraction of sp³-hybridized carbons (Fsp3) is 0. The quantitative estimate of drug-likeness (QED) is 0.150. The molecule has 0 bridgehead atoms. The lowest BCUT2D eigenvalue weighted by Crippen LogP contribution is -2.11. The maximum atomic E-state index is 2.42. The molecule has 1 aromatic heterocycles. The Kier molecular flexibility index (Phi) is 8.87. The summed E-state index contributed by atoms with van der Waals surface area (Å²) >= 11 is 0. The Labute approximate surface area is 350 Å². The molecule has 10 aromatic carbocycles. The van der Waals surface area contributed by atoms with Crippen molar-refractivity contribution in [3.63, 3.8) is 0 Å². The van der Waals surface area contributed by atoms with Crippen molar-refractivity contribution in [2.24, 2.45) is 0 Å². The van der Waals surface area contributed by atoms with Gasteiger partial charge < -0.3 is 9.47 Å². The van der Waals surface area contributed by atoms with Gasteiger partial charge >= 0.3 is 0 Å². The third kappa shape index (κ3) is 6.14. The zero-order valence-corrected chi connectivity index (χ0v) is 33.0.